The van der Waals surface area contributed by atoms with Crippen molar-refractivity contribution in [1.29, 1.82) is 0 Å². The third-order valence-corrected chi connectivity index (χ3v) is 2.75. The SMILES string of the molecule is CCCCOCC(O)CCC(=O)c1ccccc1. The molecule has 0 amide bonds. The number of hydrogen-bond donors (Lipinski definition) is 1. The van der Waals surface area contributed by atoms with Crippen LogP contribution in [0.2, 0.25) is 0 Å². The quantitative estimate of drug-likeness (QED) is 0.541. The third kappa shape index (κ3) is 5.94. The highest BCUT2D eigenvalue weighted by Gasteiger charge is 2.09. The number of carbonyl (C=O) groups is 1. The minimum Gasteiger partial charge on any atom is -0.391 e. The fraction of sp³-hybridized carbons (Fsp3) is 0.533. The first-order valence-corrected chi connectivity index (χ1v) is 6.58. The molecule has 100 valence electrons. The van der Waals surface area contributed by atoms with Crippen molar-refractivity contribution in [2.45, 2.75) is 38.7 Å². The van der Waals surface area contributed by atoms with Gasteiger partial charge in [-0.25, -0.2) is 0 Å². The molecular formula is C15H22O3. The summed E-state index contributed by atoms with van der Waals surface area (Å²) in [5.74, 6) is 0.0724. The van der Waals surface area contributed by atoms with Crippen molar-refractivity contribution in [3.8, 4) is 0 Å². The van der Waals surface area contributed by atoms with Gasteiger partial charge in [-0.05, 0) is 12.8 Å². The van der Waals surface area contributed by atoms with E-state index in [1.807, 2.05) is 18.2 Å². The molecule has 0 fully saturated rings. The lowest BCUT2D eigenvalue weighted by molar-refractivity contribution is 0.0303. The number of aliphatic hydroxyl groups is 1. The summed E-state index contributed by atoms with van der Waals surface area (Å²) in [6.07, 6.45) is 2.37. The van der Waals surface area contributed by atoms with Gasteiger partial charge in [0.05, 0.1) is 12.7 Å². The number of unbranched alkanes of at least 4 members (excludes halogenated alkanes) is 1. The smallest absolute Gasteiger partial charge is 0.162 e. The molecule has 18 heavy (non-hydrogen) atoms. The fourth-order valence-electron chi connectivity index (χ4n) is 1.62. The van der Waals surface area contributed by atoms with E-state index in [2.05, 4.69) is 6.92 Å². The maximum Gasteiger partial charge on any atom is 0.162 e. The van der Waals surface area contributed by atoms with Crippen LogP contribution in [0.3, 0.4) is 0 Å². The zero-order chi connectivity index (χ0) is 13.2. The van der Waals surface area contributed by atoms with Crippen molar-refractivity contribution in [3.63, 3.8) is 0 Å². The number of carbonyl (C=O) groups excluding carboxylic acids is 1. The predicted octanol–water partition coefficient (Wildman–Crippen LogP) is 2.83. The highest BCUT2D eigenvalue weighted by atomic mass is 16.5. The second-order valence-electron chi connectivity index (χ2n) is 4.41. The van der Waals surface area contributed by atoms with E-state index in [1.54, 1.807) is 12.1 Å². The zero-order valence-corrected chi connectivity index (χ0v) is 11.0. The number of benzene rings is 1. The second kappa shape index (κ2) is 8.84. The van der Waals surface area contributed by atoms with Crippen molar-refractivity contribution in [2.24, 2.45) is 0 Å². The summed E-state index contributed by atoms with van der Waals surface area (Å²) in [7, 11) is 0. The molecule has 0 aromatic heterocycles. The fourth-order valence-corrected chi connectivity index (χ4v) is 1.62. The lowest BCUT2D eigenvalue weighted by Gasteiger charge is -2.10. The molecule has 1 aromatic carbocycles. The summed E-state index contributed by atoms with van der Waals surface area (Å²) in [5, 5.41) is 9.67. The van der Waals surface area contributed by atoms with Gasteiger partial charge in [-0.15, -0.1) is 0 Å². The lowest BCUT2D eigenvalue weighted by atomic mass is 10.0. The van der Waals surface area contributed by atoms with Gasteiger partial charge in [-0.2, -0.15) is 0 Å². The molecule has 3 nitrogen and oxygen atoms in total. The Kier molecular flexibility index (Phi) is 7.30. The summed E-state index contributed by atoms with van der Waals surface area (Å²) in [5.41, 5.74) is 0.705. The van der Waals surface area contributed by atoms with Crippen LogP contribution in [0.15, 0.2) is 30.3 Å². The van der Waals surface area contributed by atoms with Crippen LogP contribution in [-0.2, 0) is 4.74 Å². The molecular weight excluding hydrogens is 228 g/mol. The number of ether oxygens (including phenoxy) is 1. The van der Waals surface area contributed by atoms with Gasteiger partial charge < -0.3 is 9.84 Å². The van der Waals surface area contributed by atoms with Crippen molar-refractivity contribution >= 4 is 5.78 Å². The van der Waals surface area contributed by atoms with Gasteiger partial charge in [0.15, 0.2) is 5.78 Å². The van der Waals surface area contributed by atoms with Crippen LogP contribution < -0.4 is 0 Å². The standard InChI is InChI=1S/C15H22O3/c1-2-3-11-18-12-14(16)9-10-15(17)13-7-5-4-6-8-13/h4-8,14,16H,2-3,9-12H2,1H3. The van der Waals surface area contributed by atoms with Gasteiger partial charge in [-0.1, -0.05) is 43.7 Å². The number of aliphatic hydroxyl groups excluding tert-OH is 1. The first-order valence-electron chi connectivity index (χ1n) is 6.58. The molecule has 1 aromatic rings. The van der Waals surface area contributed by atoms with E-state index in [0.717, 1.165) is 12.8 Å². The molecule has 3 heteroatoms. The average Bonchev–Trinajstić information content (AvgIpc) is 2.42. The molecule has 0 saturated heterocycles. The molecule has 1 rings (SSSR count). The topological polar surface area (TPSA) is 46.5 Å². The maximum atomic E-state index is 11.8. The highest BCUT2D eigenvalue weighted by Crippen LogP contribution is 2.07. The predicted molar refractivity (Wildman–Crippen MR) is 71.7 cm³/mol. The Morgan fingerprint density at radius 1 is 1.33 bits per heavy atom. The Labute approximate surface area is 109 Å². The molecule has 0 aliphatic carbocycles. The van der Waals surface area contributed by atoms with Crippen LogP contribution in [0, 0.1) is 0 Å². The summed E-state index contributed by atoms with van der Waals surface area (Å²) in [4.78, 5) is 11.8. The van der Waals surface area contributed by atoms with Crippen LogP contribution in [0.5, 0.6) is 0 Å². The van der Waals surface area contributed by atoms with E-state index in [9.17, 15) is 9.90 Å². The Bertz CT molecular complexity index is 335. The van der Waals surface area contributed by atoms with Gasteiger partial charge in [0.2, 0.25) is 0 Å². The Balaban J connectivity index is 2.18. The van der Waals surface area contributed by atoms with Gasteiger partial charge in [-0.3, -0.25) is 4.79 Å². The first-order chi connectivity index (χ1) is 8.74. The van der Waals surface area contributed by atoms with Crippen molar-refractivity contribution in [1.82, 2.24) is 0 Å². The summed E-state index contributed by atoms with van der Waals surface area (Å²) in [6.45, 7) is 3.10. The zero-order valence-electron chi connectivity index (χ0n) is 11.0. The number of Topliss-reactive ketones (excluding diaryl/α,β-unsaturated/α-hetero) is 1. The summed E-state index contributed by atoms with van der Waals surface area (Å²) < 4.78 is 5.31. The first kappa shape index (κ1) is 14.9. The van der Waals surface area contributed by atoms with E-state index in [-0.39, 0.29) is 5.78 Å². The van der Waals surface area contributed by atoms with Crippen LogP contribution in [0.25, 0.3) is 0 Å². The van der Waals surface area contributed by atoms with Crippen molar-refractivity contribution in [2.75, 3.05) is 13.2 Å². The van der Waals surface area contributed by atoms with E-state index < -0.39 is 6.10 Å². The molecule has 0 aliphatic heterocycles. The molecule has 0 radical (unpaired) electrons. The molecule has 1 unspecified atom stereocenters. The Morgan fingerprint density at radius 3 is 2.72 bits per heavy atom. The largest absolute Gasteiger partial charge is 0.391 e. The van der Waals surface area contributed by atoms with Gasteiger partial charge in [0.25, 0.3) is 0 Å². The van der Waals surface area contributed by atoms with Crippen molar-refractivity contribution in [3.05, 3.63) is 35.9 Å². The molecule has 0 heterocycles. The molecule has 0 aliphatic rings. The van der Waals surface area contributed by atoms with Crippen LogP contribution in [0.1, 0.15) is 43.0 Å². The minimum atomic E-state index is -0.547. The number of rotatable bonds is 9. The average molecular weight is 250 g/mol. The number of hydrogen-bond acceptors (Lipinski definition) is 3. The summed E-state index contributed by atoms with van der Waals surface area (Å²) in [6, 6.07) is 9.17. The van der Waals surface area contributed by atoms with E-state index in [4.69, 9.17) is 4.74 Å². The second-order valence-corrected chi connectivity index (χ2v) is 4.41. The van der Waals surface area contributed by atoms with Crippen LogP contribution in [0.4, 0.5) is 0 Å². The van der Waals surface area contributed by atoms with Gasteiger partial charge in [0, 0.05) is 18.6 Å². The molecule has 0 spiro atoms. The molecule has 1 atom stereocenters. The third-order valence-electron chi connectivity index (χ3n) is 2.75. The van der Waals surface area contributed by atoms with Crippen LogP contribution in [-0.4, -0.2) is 30.2 Å². The summed E-state index contributed by atoms with van der Waals surface area (Å²) >= 11 is 0. The van der Waals surface area contributed by atoms with E-state index in [0.29, 0.717) is 31.6 Å². The van der Waals surface area contributed by atoms with Gasteiger partial charge >= 0.3 is 0 Å². The molecule has 1 N–H and O–H groups in total. The van der Waals surface area contributed by atoms with E-state index >= 15 is 0 Å². The van der Waals surface area contributed by atoms with E-state index in [1.165, 1.54) is 0 Å². The minimum absolute atomic E-state index is 0.0724. The lowest BCUT2D eigenvalue weighted by Crippen LogP contribution is -2.17. The Morgan fingerprint density at radius 2 is 2.06 bits per heavy atom. The highest BCUT2D eigenvalue weighted by molar-refractivity contribution is 5.95. The normalized spacial score (nSPS) is 12.3. The van der Waals surface area contributed by atoms with Crippen molar-refractivity contribution < 1.29 is 14.6 Å². The number of ketones is 1. The van der Waals surface area contributed by atoms with Crippen LogP contribution >= 0.6 is 0 Å². The Hall–Kier alpha value is -1.19. The molecule has 0 bridgehead atoms. The van der Waals surface area contributed by atoms with Gasteiger partial charge in [0.1, 0.15) is 0 Å². The monoisotopic (exact) mass is 250 g/mol. The maximum absolute atomic E-state index is 11.8. The molecule has 0 saturated carbocycles.